The average Bonchev–Trinajstić information content (AvgIpc) is 2.61. The third-order valence-electron chi connectivity index (χ3n) is 4.06. The maximum Gasteiger partial charge on any atom is 0.315 e. The van der Waals surface area contributed by atoms with Gasteiger partial charge >= 0.3 is 6.03 Å². The summed E-state index contributed by atoms with van der Waals surface area (Å²) in [7, 11) is 0. The van der Waals surface area contributed by atoms with Gasteiger partial charge in [0.15, 0.2) is 0 Å². The molecule has 27 heavy (non-hydrogen) atoms. The molecule has 0 aliphatic rings. The summed E-state index contributed by atoms with van der Waals surface area (Å²) in [5.74, 6) is 0.811. The van der Waals surface area contributed by atoms with Crippen LogP contribution < -0.4 is 15.4 Å². The van der Waals surface area contributed by atoms with E-state index >= 15 is 0 Å². The van der Waals surface area contributed by atoms with E-state index in [0.717, 1.165) is 15.8 Å². The molecule has 0 atom stereocenters. The van der Waals surface area contributed by atoms with Gasteiger partial charge < -0.3 is 15.4 Å². The standard InChI is InChI=1S/C21H26BrClN2O2/c1-21(2,3)16-9-10-19(17(22)13-16)27-12-6-11-24-20(26)25-14-15-7-4-5-8-18(15)23/h4-5,7-10,13H,6,11-12,14H2,1-3H3,(H2,24,25,26). The SMILES string of the molecule is CC(C)(C)c1ccc(OCCCNC(=O)NCc2ccccc2Cl)c(Br)c1. The van der Waals surface area contributed by atoms with E-state index in [1.165, 1.54) is 5.56 Å². The van der Waals surface area contributed by atoms with Crippen molar-refractivity contribution in [2.24, 2.45) is 0 Å². The number of rotatable bonds is 7. The van der Waals surface area contributed by atoms with Gasteiger partial charge in [0.2, 0.25) is 0 Å². The number of ether oxygens (including phenoxy) is 1. The van der Waals surface area contributed by atoms with E-state index in [1.807, 2.05) is 24.3 Å². The van der Waals surface area contributed by atoms with E-state index in [4.69, 9.17) is 16.3 Å². The van der Waals surface area contributed by atoms with E-state index in [1.54, 1.807) is 6.07 Å². The van der Waals surface area contributed by atoms with Crippen LogP contribution in [0.1, 0.15) is 38.3 Å². The summed E-state index contributed by atoms with van der Waals surface area (Å²) in [6.07, 6.45) is 0.715. The fourth-order valence-electron chi connectivity index (χ4n) is 2.42. The van der Waals surface area contributed by atoms with Crippen molar-refractivity contribution in [2.45, 2.75) is 39.2 Å². The van der Waals surface area contributed by atoms with E-state index in [9.17, 15) is 4.79 Å². The molecule has 2 rings (SSSR count). The highest BCUT2D eigenvalue weighted by Gasteiger charge is 2.15. The van der Waals surface area contributed by atoms with Gasteiger partial charge in [-0.3, -0.25) is 0 Å². The normalized spacial score (nSPS) is 11.1. The summed E-state index contributed by atoms with van der Waals surface area (Å²) < 4.78 is 6.74. The first kappa shape index (κ1) is 21.6. The Morgan fingerprint density at radius 3 is 2.56 bits per heavy atom. The molecule has 0 radical (unpaired) electrons. The predicted octanol–water partition coefficient (Wildman–Crippen LogP) is 5.67. The van der Waals surface area contributed by atoms with Crippen LogP contribution in [-0.4, -0.2) is 19.2 Å². The fraction of sp³-hybridized carbons (Fsp3) is 0.381. The smallest absolute Gasteiger partial charge is 0.315 e. The molecule has 0 heterocycles. The van der Waals surface area contributed by atoms with E-state index in [2.05, 4.69) is 59.5 Å². The third kappa shape index (κ3) is 7.07. The number of amides is 2. The second-order valence-corrected chi connectivity index (χ2v) is 8.56. The Bertz CT molecular complexity index is 775. The summed E-state index contributed by atoms with van der Waals surface area (Å²) in [5, 5.41) is 6.26. The zero-order valence-electron chi connectivity index (χ0n) is 15.9. The van der Waals surface area contributed by atoms with Crippen molar-refractivity contribution in [1.29, 1.82) is 0 Å². The number of benzene rings is 2. The Hall–Kier alpha value is -1.72. The van der Waals surface area contributed by atoms with Gasteiger partial charge in [0.25, 0.3) is 0 Å². The Labute approximate surface area is 174 Å². The molecular formula is C21H26BrClN2O2. The molecule has 0 aromatic heterocycles. The van der Waals surface area contributed by atoms with Crippen LogP contribution in [0.5, 0.6) is 5.75 Å². The lowest BCUT2D eigenvalue weighted by Crippen LogP contribution is -2.36. The van der Waals surface area contributed by atoms with Gasteiger partial charge in [0, 0.05) is 18.1 Å². The summed E-state index contributed by atoms with van der Waals surface area (Å²) in [6.45, 7) is 7.99. The summed E-state index contributed by atoms with van der Waals surface area (Å²) in [4.78, 5) is 11.8. The zero-order chi connectivity index (χ0) is 19.9. The largest absolute Gasteiger partial charge is 0.492 e. The summed E-state index contributed by atoms with van der Waals surface area (Å²) >= 11 is 9.63. The number of hydrogen-bond acceptors (Lipinski definition) is 2. The van der Waals surface area contributed by atoms with Gasteiger partial charge in [0.05, 0.1) is 11.1 Å². The number of carbonyl (C=O) groups excluding carboxylic acids is 1. The van der Waals surface area contributed by atoms with Crippen molar-refractivity contribution in [1.82, 2.24) is 10.6 Å². The van der Waals surface area contributed by atoms with Crippen molar-refractivity contribution < 1.29 is 9.53 Å². The minimum atomic E-state index is -0.217. The number of halogens is 2. The minimum Gasteiger partial charge on any atom is -0.492 e. The Kier molecular flexibility index (Phi) is 7.99. The molecule has 2 N–H and O–H groups in total. The highest BCUT2D eigenvalue weighted by atomic mass is 79.9. The van der Waals surface area contributed by atoms with E-state index < -0.39 is 0 Å². The molecule has 4 nitrogen and oxygen atoms in total. The molecule has 0 spiro atoms. The van der Waals surface area contributed by atoms with Crippen molar-refractivity contribution in [3.63, 3.8) is 0 Å². The van der Waals surface area contributed by atoms with E-state index in [0.29, 0.717) is 31.1 Å². The quantitative estimate of drug-likeness (QED) is 0.531. The van der Waals surface area contributed by atoms with Crippen molar-refractivity contribution in [2.75, 3.05) is 13.2 Å². The summed E-state index contributed by atoms with van der Waals surface area (Å²) in [6, 6.07) is 13.4. The molecule has 146 valence electrons. The second-order valence-electron chi connectivity index (χ2n) is 7.30. The zero-order valence-corrected chi connectivity index (χ0v) is 18.3. The molecule has 6 heteroatoms. The van der Waals surface area contributed by atoms with Gasteiger partial charge in [-0.15, -0.1) is 0 Å². The van der Waals surface area contributed by atoms with E-state index in [-0.39, 0.29) is 11.4 Å². The van der Waals surface area contributed by atoms with Crippen LogP contribution in [-0.2, 0) is 12.0 Å². The lowest BCUT2D eigenvalue weighted by molar-refractivity contribution is 0.238. The first-order chi connectivity index (χ1) is 12.8. The molecule has 0 saturated heterocycles. The molecule has 0 aliphatic heterocycles. The molecule has 0 saturated carbocycles. The molecule has 2 amide bonds. The highest BCUT2D eigenvalue weighted by Crippen LogP contribution is 2.31. The highest BCUT2D eigenvalue weighted by molar-refractivity contribution is 9.10. The van der Waals surface area contributed by atoms with Gasteiger partial charge in [0.1, 0.15) is 5.75 Å². The Morgan fingerprint density at radius 1 is 1.15 bits per heavy atom. The number of urea groups is 1. The third-order valence-corrected chi connectivity index (χ3v) is 5.05. The number of hydrogen-bond donors (Lipinski definition) is 2. The minimum absolute atomic E-state index is 0.0995. The molecular weight excluding hydrogens is 428 g/mol. The van der Waals surface area contributed by atoms with Crippen molar-refractivity contribution in [3.05, 3.63) is 63.1 Å². The van der Waals surface area contributed by atoms with Crippen LogP contribution in [0.25, 0.3) is 0 Å². The summed E-state index contributed by atoms with van der Waals surface area (Å²) in [5.41, 5.74) is 2.24. The van der Waals surface area contributed by atoms with Gasteiger partial charge in [-0.25, -0.2) is 4.79 Å². The van der Waals surface area contributed by atoms with Crippen LogP contribution in [0, 0.1) is 0 Å². The lowest BCUT2D eigenvalue weighted by Gasteiger charge is -2.20. The van der Waals surface area contributed by atoms with Crippen LogP contribution in [0.15, 0.2) is 46.9 Å². The molecule has 0 unspecified atom stereocenters. The molecule has 0 aliphatic carbocycles. The van der Waals surface area contributed by atoms with Gasteiger partial charge in [-0.2, -0.15) is 0 Å². The van der Waals surface area contributed by atoms with Crippen LogP contribution in [0.2, 0.25) is 5.02 Å². The molecule has 0 bridgehead atoms. The van der Waals surface area contributed by atoms with Gasteiger partial charge in [-0.1, -0.05) is 56.6 Å². The fourth-order valence-corrected chi connectivity index (χ4v) is 3.12. The average molecular weight is 454 g/mol. The molecule has 0 fully saturated rings. The Balaban J connectivity index is 1.67. The number of carbonyl (C=O) groups is 1. The predicted molar refractivity (Wildman–Crippen MR) is 115 cm³/mol. The van der Waals surface area contributed by atoms with Gasteiger partial charge in [-0.05, 0) is 57.1 Å². The van der Waals surface area contributed by atoms with Crippen molar-refractivity contribution >= 4 is 33.6 Å². The van der Waals surface area contributed by atoms with Crippen LogP contribution in [0.4, 0.5) is 4.79 Å². The molecule has 2 aromatic carbocycles. The van der Waals surface area contributed by atoms with Crippen LogP contribution >= 0.6 is 27.5 Å². The topological polar surface area (TPSA) is 50.4 Å². The first-order valence-corrected chi connectivity index (χ1v) is 10.1. The maximum atomic E-state index is 11.8. The monoisotopic (exact) mass is 452 g/mol. The number of nitrogens with one attached hydrogen (secondary N) is 2. The second kappa shape index (κ2) is 10.00. The lowest BCUT2D eigenvalue weighted by atomic mass is 9.87. The van der Waals surface area contributed by atoms with Crippen LogP contribution in [0.3, 0.4) is 0 Å². The van der Waals surface area contributed by atoms with Crippen molar-refractivity contribution in [3.8, 4) is 5.75 Å². The maximum absolute atomic E-state index is 11.8. The first-order valence-electron chi connectivity index (χ1n) is 8.95. The Morgan fingerprint density at radius 2 is 1.89 bits per heavy atom. The molecule has 2 aromatic rings.